The average Bonchev–Trinajstić information content (AvgIpc) is 3.21. The number of aromatic nitrogens is 2. The van der Waals surface area contributed by atoms with Gasteiger partial charge in [0.2, 0.25) is 0 Å². The van der Waals surface area contributed by atoms with Gasteiger partial charge in [0, 0.05) is 44.0 Å². The predicted octanol–water partition coefficient (Wildman–Crippen LogP) is 1.71. The van der Waals surface area contributed by atoms with Gasteiger partial charge in [-0.25, -0.2) is 13.4 Å². The third kappa shape index (κ3) is 3.64. The third-order valence-electron chi connectivity index (χ3n) is 5.46. The number of nitrogens with zero attached hydrogens (tertiary/aromatic N) is 3. The van der Waals surface area contributed by atoms with E-state index in [1.54, 1.807) is 0 Å². The van der Waals surface area contributed by atoms with Gasteiger partial charge in [-0.1, -0.05) is 6.07 Å². The predicted molar refractivity (Wildman–Crippen MR) is 104 cm³/mol. The topological polar surface area (TPSA) is 67.2 Å². The lowest BCUT2D eigenvalue weighted by molar-refractivity contribution is 0.521. The number of rotatable bonds is 5. The molecule has 0 bridgehead atoms. The fraction of sp³-hybridized carbons (Fsp3) is 0.526. The van der Waals surface area contributed by atoms with Crippen LogP contribution in [-0.4, -0.2) is 55.7 Å². The first-order chi connectivity index (χ1) is 12.5. The zero-order valence-corrected chi connectivity index (χ0v) is 16.0. The number of imidazole rings is 1. The second-order valence-electron chi connectivity index (χ2n) is 7.39. The summed E-state index contributed by atoms with van der Waals surface area (Å²) in [4.78, 5) is 6.65. The van der Waals surface area contributed by atoms with Crippen molar-refractivity contribution < 1.29 is 8.42 Å². The summed E-state index contributed by atoms with van der Waals surface area (Å²) < 4.78 is 25.3. The molecular formula is C19H26N4O2S. The fourth-order valence-corrected chi connectivity index (χ4v) is 5.74. The molecule has 1 saturated heterocycles. The zero-order valence-electron chi connectivity index (χ0n) is 15.2. The minimum Gasteiger partial charge on any atom is -0.374 e. The van der Waals surface area contributed by atoms with Crippen LogP contribution >= 0.6 is 0 Å². The van der Waals surface area contributed by atoms with Crippen LogP contribution in [0.3, 0.4) is 0 Å². The summed E-state index contributed by atoms with van der Waals surface area (Å²) in [6.45, 7) is 2.65. The summed E-state index contributed by atoms with van der Waals surface area (Å²) in [7, 11) is -0.680. The van der Waals surface area contributed by atoms with Gasteiger partial charge in [0.1, 0.15) is 0 Å². The van der Waals surface area contributed by atoms with Crippen molar-refractivity contribution in [2.24, 2.45) is 0 Å². The monoisotopic (exact) mass is 374 g/mol. The lowest BCUT2D eigenvalue weighted by Gasteiger charge is -2.27. The molecule has 0 amide bonds. The molecule has 6 nitrogen and oxygen atoms in total. The van der Waals surface area contributed by atoms with Crippen LogP contribution < -0.4 is 10.2 Å². The molecular weight excluding hydrogens is 348 g/mol. The van der Waals surface area contributed by atoms with Gasteiger partial charge in [0.25, 0.3) is 0 Å². The molecule has 2 aliphatic rings. The highest BCUT2D eigenvalue weighted by Gasteiger charge is 2.27. The van der Waals surface area contributed by atoms with Crippen LogP contribution in [0, 0.1) is 0 Å². The largest absolute Gasteiger partial charge is 0.374 e. The Morgan fingerprint density at radius 1 is 1.35 bits per heavy atom. The molecule has 0 saturated carbocycles. The van der Waals surface area contributed by atoms with Crippen molar-refractivity contribution >= 4 is 15.5 Å². The number of anilines is 1. The van der Waals surface area contributed by atoms with E-state index in [0.717, 1.165) is 38.2 Å². The van der Waals surface area contributed by atoms with E-state index in [1.807, 2.05) is 12.5 Å². The molecule has 2 aliphatic heterocycles. The van der Waals surface area contributed by atoms with E-state index in [4.69, 9.17) is 0 Å². The van der Waals surface area contributed by atoms with E-state index in [2.05, 4.69) is 45.0 Å². The molecule has 0 spiro atoms. The van der Waals surface area contributed by atoms with Gasteiger partial charge in [0.05, 0.1) is 29.7 Å². The lowest BCUT2D eigenvalue weighted by atomic mass is 9.98. The third-order valence-corrected chi connectivity index (χ3v) is 7.22. The summed E-state index contributed by atoms with van der Waals surface area (Å²) in [6.07, 6.45) is 6.81. The van der Waals surface area contributed by atoms with E-state index < -0.39 is 9.84 Å². The van der Waals surface area contributed by atoms with Gasteiger partial charge in [-0.15, -0.1) is 0 Å². The molecule has 1 aromatic carbocycles. The molecule has 4 rings (SSSR count). The summed E-state index contributed by atoms with van der Waals surface area (Å²) >= 11 is 0. The molecule has 7 heteroatoms. The van der Waals surface area contributed by atoms with Crippen LogP contribution in [0.25, 0.3) is 11.3 Å². The van der Waals surface area contributed by atoms with Crippen molar-refractivity contribution in [1.82, 2.24) is 14.9 Å². The number of hydrogen-bond acceptors (Lipinski definition) is 5. The van der Waals surface area contributed by atoms with Crippen LogP contribution in [0.2, 0.25) is 0 Å². The average molecular weight is 375 g/mol. The molecule has 3 heterocycles. The second-order valence-corrected chi connectivity index (χ2v) is 9.62. The number of nitrogens with one attached hydrogen (secondary N) is 1. The van der Waals surface area contributed by atoms with E-state index in [1.165, 1.54) is 23.2 Å². The van der Waals surface area contributed by atoms with Crippen molar-refractivity contribution in [3.63, 3.8) is 0 Å². The Morgan fingerprint density at radius 2 is 2.23 bits per heavy atom. The molecule has 1 N–H and O–H groups in total. The highest BCUT2D eigenvalue weighted by Crippen LogP contribution is 2.30. The summed E-state index contributed by atoms with van der Waals surface area (Å²) in [5, 5.41) is 3.38. The molecule has 0 radical (unpaired) electrons. The molecule has 1 fully saturated rings. The Morgan fingerprint density at radius 3 is 3.04 bits per heavy atom. The number of benzene rings is 1. The first kappa shape index (κ1) is 17.5. The molecule has 1 atom stereocenters. The van der Waals surface area contributed by atoms with Gasteiger partial charge >= 0.3 is 0 Å². The quantitative estimate of drug-likeness (QED) is 0.863. The van der Waals surface area contributed by atoms with Crippen LogP contribution in [0.5, 0.6) is 0 Å². The summed E-state index contributed by atoms with van der Waals surface area (Å²) in [5.74, 6) is 0.576. The van der Waals surface area contributed by atoms with E-state index in [-0.39, 0.29) is 11.8 Å². The Kier molecular flexibility index (Phi) is 4.75. The highest BCUT2D eigenvalue weighted by atomic mass is 32.2. The van der Waals surface area contributed by atoms with Gasteiger partial charge < -0.3 is 14.8 Å². The van der Waals surface area contributed by atoms with Gasteiger partial charge in [-0.2, -0.15) is 0 Å². The summed E-state index contributed by atoms with van der Waals surface area (Å²) in [6, 6.07) is 6.76. The van der Waals surface area contributed by atoms with Crippen molar-refractivity contribution in [3.05, 3.63) is 36.3 Å². The molecule has 1 aromatic heterocycles. The molecule has 2 aromatic rings. The van der Waals surface area contributed by atoms with Gasteiger partial charge in [0.15, 0.2) is 9.84 Å². The maximum atomic E-state index is 11.6. The first-order valence-electron chi connectivity index (χ1n) is 9.30. The fourth-order valence-electron chi connectivity index (χ4n) is 4.03. The van der Waals surface area contributed by atoms with Crippen molar-refractivity contribution in [2.75, 3.05) is 36.5 Å². The minimum absolute atomic E-state index is 0.0891. The number of sulfone groups is 1. The van der Waals surface area contributed by atoms with Crippen molar-refractivity contribution in [1.29, 1.82) is 0 Å². The SMILES string of the molecule is CN1CCCc2cc(-c3cncn3CCN[C@H]3CCS(=O)(=O)C3)ccc21. The molecule has 140 valence electrons. The van der Waals surface area contributed by atoms with Gasteiger partial charge in [-0.05, 0) is 37.0 Å². The van der Waals surface area contributed by atoms with Crippen LogP contribution in [0.1, 0.15) is 18.4 Å². The van der Waals surface area contributed by atoms with E-state index in [0.29, 0.717) is 5.75 Å². The zero-order chi connectivity index (χ0) is 18.1. The van der Waals surface area contributed by atoms with E-state index >= 15 is 0 Å². The maximum absolute atomic E-state index is 11.6. The smallest absolute Gasteiger partial charge is 0.151 e. The Bertz CT molecular complexity index is 891. The first-order valence-corrected chi connectivity index (χ1v) is 11.1. The van der Waals surface area contributed by atoms with Crippen LogP contribution in [0.15, 0.2) is 30.7 Å². The number of fused-ring (bicyclic) bond motifs is 1. The minimum atomic E-state index is -2.83. The van der Waals surface area contributed by atoms with Gasteiger partial charge in [-0.3, -0.25) is 0 Å². The Hall–Kier alpha value is -1.86. The lowest BCUT2D eigenvalue weighted by Crippen LogP contribution is -2.32. The summed E-state index contributed by atoms with van der Waals surface area (Å²) in [5.41, 5.74) is 5.04. The molecule has 0 aliphatic carbocycles. The maximum Gasteiger partial charge on any atom is 0.151 e. The van der Waals surface area contributed by atoms with Crippen LogP contribution in [0.4, 0.5) is 5.69 Å². The standard InChI is InChI=1S/C19H26N4O2S/c1-22-8-2-3-15-11-16(4-5-18(15)22)19-12-20-14-23(19)9-7-21-17-6-10-26(24,25)13-17/h4-5,11-12,14,17,21H,2-3,6-10,13H2,1H3/t17-/m0/s1. The Balaban J connectivity index is 1.44. The number of aryl methyl sites for hydroxylation is 1. The second kappa shape index (κ2) is 7.04. The normalized spacial score (nSPS) is 21.7. The van der Waals surface area contributed by atoms with Crippen molar-refractivity contribution in [3.8, 4) is 11.3 Å². The van der Waals surface area contributed by atoms with E-state index in [9.17, 15) is 8.42 Å². The van der Waals surface area contributed by atoms with Crippen molar-refractivity contribution in [2.45, 2.75) is 31.8 Å². The highest BCUT2D eigenvalue weighted by molar-refractivity contribution is 7.91. The van der Waals surface area contributed by atoms with Crippen LogP contribution in [-0.2, 0) is 22.8 Å². The molecule has 0 unspecified atom stereocenters. The molecule has 26 heavy (non-hydrogen) atoms. The number of hydrogen-bond donors (Lipinski definition) is 1. The Labute approximate surface area is 155 Å².